The zero-order valence-corrected chi connectivity index (χ0v) is 12.5. The smallest absolute Gasteiger partial charge is 0.338 e. The van der Waals surface area contributed by atoms with Gasteiger partial charge in [0.2, 0.25) is 0 Å². The molecule has 3 aromatic rings. The van der Waals surface area contributed by atoms with Crippen LogP contribution in [0, 0.1) is 12.7 Å². The van der Waals surface area contributed by atoms with Gasteiger partial charge in [0.25, 0.3) is 0 Å². The van der Waals surface area contributed by atoms with Crippen LogP contribution < -0.4 is 0 Å². The topological polar surface area (TPSA) is 52.3 Å². The summed E-state index contributed by atoms with van der Waals surface area (Å²) in [6, 6.07) is 14.7. The van der Waals surface area contributed by atoms with Crippen LogP contribution in [0.2, 0.25) is 0 Å². The molecule has 0 aliphatic carbocycles. The van der Waals surface area contributed by atoms with Gasteiger partial charge in [-0.1, -0.05) is 23.4 Å². The number of benzene rings is 2. The number of nitrogens with zero attached hydrogens (tertiary/aromatic N) is 1. The second-order valence-electron chi connectivity index (χ2n) is 5.08. The summed E-state index contributed by atoms with van der Waals surface area (Å²) in [4.78, 5) is 12.0. The van der Waals surface area contributed by atoms with Crippen molar-refractivity contribution in [2.24, 2.45) is 0 Å². The Morgan fingerprint density at radius 3 is 2.65 bits per heavy atom. The molecule has 0 N–H and O–H groups in total. The number of carbonyl (C=O) groups is 1. The summed E-state index contributed by atoms with van der Waals surface area (Å²) >= 11 is 0. The van der Waals surface area contributed by atoms with Crippen LogP contribution in [0.5, 0.6) is 0 Å². The van der Waals surface area contributed by atoms with E-state index in [0.29, 0.717) is 22.6 Å². The summed E-state index contributed by atoms with van der Waals surface area (Å²) in [5, 5.41) is 3.86. The Labute approximate surface area is 132 Å². The number of esters is 1. The highest BCUT2D eigenvalue weighted by atomic mass is 19.1. The van der Waals surface area contributed by atoms with Crippen molar-refractivity contribution in [3.05, 3.63) is 77.2 Å². The summed E-state index contributed by atoms with van der Waals surface area (Å²) in [6.45, 7) is 1.86. The van der Waals surface area contributed by atoms with Crippen molar-refractivity contribution in [3.8, 4) is 11.3 Å². The number of carbonyl (C=O) groups excluding carboxylic acids is 1. The Kier molecular flexibility index (Phi) is 4.19. The summed E-state index contributed by atoms with van der Waals surface area (Å²) < 4.78 is 23.3. The van der Waals surface area contributed by atoms with E-state index < -0.39 is 5.97 Å². The molecule has 0 unspecified atom stereocenters. The molecule has 3 rings (SSSR count). The third-order valence-electron chi connectivity index (χ3n) is 3.40. The van der Waals surface area contributed by atoms with Crippen molar-refractivity contribution >= 4 is 5.97 Å². The van der Waals surface area contributed by atoms with E-state index in [1.54, 1.807) is 30.3 Å². The van der Waals surface area contributed by atoms with E-state index in [2.05, 4.69) is 5.16 Å². The number of aryl methyl sites for hydroxylation is 1. The highest BCUT2D eigenvalue weighted by Gasteiger charge is 2.12. The molecule has 23 heavy (non-hydrogen) atoms. The second kappa shape index (κ2) is 6.44. The van der Waals surface area contributed by atoms with Gasteiger partial charge in [-0.15, -0.1) is 0 Å². The fourth-order valence-corrected chi connectivity index (χ4v) is 2.15. The maximum absolute atomic E-state index is 12.9. The van der Waals surface area contributed by atoms with E-state index in [1.807, 2.05) is 19.1 Å². The number of rotatable bonds is 4. The van der Waals surface area contributed by atoms with E-state index in [-0.39, 0.29) is 12.4 Å². The molecule has 2 aromatic carbocycles. The molecule has 0 radical (unpaired) electrons. The molecule has 0 atom stereocenters. The lowest BCUT2D eigenvalue weighted by Gasteiger charge is -2.04. The monoisotopic (exact) mass is 311 g/mol. The van der Waals surface area contributed by atoms with Gasteiger partial charge in [0.15, 0.2) is 5.76 Å². The van der Waals surface area contributed by atoms with Crippen molar-refractivity contribution in [3.63, 3.8) is 0 Å². The minimum Gasteiger partial charge on any atom is -0.455 e. The fourth-order valence-electron chi connectivity index (χ4n) is 2.15. The highest BCUT2D eigenvalue weighted by molar-refractivity contribution is 5.90. The van der Waals surface area contributed by atoms with Gasteiger partial charge in [0, 0.05) is 11.6 Å². The zero-order chi connectivity index (χ0) is 16.2. The molecule has 0 fully saturated rings. The molecule has 0 spiro atoms. The van der Waals surface area contributed by atoms with E-state index >= 15 is 0 Å². The van der Waals surface area contributed by atoms with E-state index in [1.165, 1.54) is 12.1 Å². The van der Waals surface area contributed by atoms with E-state index in [4.69, 9.17) is 9.26 Å². The zero-order valence-electron chi connectivity index (χ0n) is 12.5. The van der Waals surface area contributed by atoms with Crippen LogP contribution in [0.1, 0.15) is 21.6 Å². The van der Waals surface area contributed by atoms with Crippen molar-refractivity contribution in [1.82, 2.24) is 5.16 Å². The van der Waals surface area contributed by atoms with Crippen LogP contribution in [-0.4, -0.2) is 11.1 Å². The van der Waals surface area contributed by atoms with Gasteiger partial charge < -0.3 is 9.26 Å². The lowest BCUT2D eigenvalue weighted by atomic mass is 10.1. The number of hydrogen-bond donors (Lipinski definition) is 0. The van der Waals surface area contributed by atoms with Crippen LogP contribution in [0.15, 0.2) is 59.1 Å². The summed E-state index contributed by atoms with van der Waals surface area (Å²) in [5.41, 5.74) is 2.57. The predicted molar refractivity (Wildman–Crippen MR) is 82.2 cm³/mol. The van der Waals surface area contributed by atoms with Crippen LogP contribution >= 0.6 is 0 Å². The molecule has 0 saturated carbocycles. The van der Waals surface area contributed by atoms with Crippen LogP contribution in [0.3, 0.4) is 0 Å². The molecular formula is C18H14FNO3. The normalized spacial score (nSPS) is 10.5. The van der Waals surface area contributed by atoms with Crippen LogP contribution in [-0.2, 0) is 11.3 Å². The first kappa shape index (κ1) is 15.0. The highest BCUT2D eigenvalue weighted by Crippen LogP contribution is 2.21. The number of hydrogen-bond acceptors (Lipinski definition) is 4. The molecule has 1 aromatic heterocycles. The average Bonchev–Trinajstić information content (AvgIpc) is 3.03. The molecule has 0 amide bonds. The Morgan fingerprint density at radius 2 is 1.91 bits per heavy atom. The van der Waals surface area contributed by atoms with Gasteiger partial charge in [-0.3, -0.25) is 0 Å². The molecule has 4 nitrogen and oxygen atoms in total. The quantitative estimate of drug-likeness (QED) is 0.679. The van der Waals surface area contributed by atoms with Gasteiger partial charge in [-0.2, -0.15) is 0 Å². The first-order valence-electron chi connectivity index (χ1n) is 7.08. The molecule has 0 aliphatic heterocycles. The van der Waals surface area contributed by atoms with Crippen molar-refractivity contribution in [2.75, 3.05) is 0 Å². The standard InChI is InChI=1S/C18H14FNO3/c1-12-4-2-3-5-16(12)18(21)22-11-15-10-17(23-20-15)13-6-8-14(19)9-7-13/h2-10H,11H2,1H3. The van der Waals surface area contributed by atoms with Crippen molar-refractivity contribution in [2.45, 2.75) is 13.5 Å². The molecular weight excluding hydrogens is 297 g/mol. The Morgan fingerprint density at radius 1 is 1.17 bits per heavy atom. The summed E-state index contributed by atoms with van der Waals surface area (Å²) in [7, 11) is 0. The number of halogens is 1. The molecule has 1 heterocycles. The molecule has 0 bridgehead atoms. The van der Waals surface area contributed by atoms with E-state index in [9.17, 15) is 9.18 Å². The average molecular weight is 311 g/mol. The van der Waals surface area contributed by atoms with Gasteiger partial charge in [-0.25, -0.2) is 9.18 Å². The predicted octanol–water partition coefficient (Wildman–Crippen LogP) is 4.15. The molecule has 5 heteroatoms. The SMILES string of the molecule is Cc1ccccc1C(=O)OCc1cc(-c2ccc(F)cc2)on1. The largest absolute Gasteiger partial charge is 0.455 e. The first-order valence-corrected chi connectivity index (χ1v) is 7.08. The maximum Gasteiger partial charge on any atom is 0.338 e. The van der Waals surface area contributed by atoms with E-state index in [0.717, 1.165) is 5.56 Å². The maximum atomic E-state index is 12.9. The first-order chi connectivity index (χ1) is 11.1. The molecule has 0 aliphatic rings. The van der Waals surface area contributed by atoms with Gasteiger partial charge in [0.05, 0.1) is 5.56 Å². The Balaban J connectivity index is 1.67. The van der Waals surface area contributed by atoms with Crippen molar-refractivity contribution in [1.29, 1.82) is 0 Å². The van der Waals surface area contributed by atoms with Crippen LogP contribution in [0.4, 0.5) is 4.39 Å². The van der Waals surface area contributed by atoms with Gasteiger partial charge in [0.1, 0.15) is 18.1 Å². The lowest BCUT2D eigenvalue weighted by molar-refractivity contribution is 0.0463. The van der Waals surface area contributed by atoms with Crippen molar-refractivity contribution < 1.29 is 18.4 Å². The summed E-state index contributed by atoms with van der Waals surface area (Å²) in [6.07, 6.45) is 0. The number of ether oxygens (including phenoxy) is 1. The summed E-state index contributed by atoms with van der Waals surface area (Å²) in [5.74, 6) is -0.234. The molecule has 0 saturated heterocycles. The Bertz CT molecular complexity index is 824. The van der Waals surface area contributed by atoms with Crippen LogP contribution in [0.25, 0.3) is 11.3 Å². The fraction of sp³-hybridized carbons (Fsp3) is 0.111. The lowest BCUT2D eigenvalue weighted by Crippen LogP contribution is -2.07. The molecule has 116 valence electrons. The Hall–Kier alpha value is -2.95. The second-order valence-corrected chi connectivity index (χ2v) is 5.08. The van der Waals surface area contributed by atoms with Gasteiger partial charge >= 0.3 is 5.97 Å². The number of aromatic nitrogens is 1. The third-order valence-corrected chi connectivity index (χ3v) is 3.40. The minimum absolute atomic E-state index is 0.0118. The third kappa shape index (κ3) is 3.45. The van der Waals surface area contributed by atoms with Gasteiger partial charge in [-0.05, 0) is 42.8 Å². The minimum atomic E-state index is -0.408.